The number of esters is 1. The van der Waals surface area contributed by atoms with Crippen molar-refractivity contribution in [2.75, 3.05) is 26.7 Å². The summed E-state index contributed by atoms with van der Waals surface area (Å²) >= 11 is 0. The SMILES string of the molecule is CCOC(=O)C(CNC(=O)C(C)CNC)Cc1ccccc1. The van der Waals surface area contributed by atoms with Gasteiger partial charge in [0.2, 0.25) is 5.91 Å². The number of hydrogen-bond acceptors (Lipinski definition) is 4. The second kappa shape index (κ2) is 9.95. The molecule has 22 heavy (non-hydrogen) atoms. The van der Waals surface area contributed by atoms with Crippen LogP contribution in [0.2, 0.25) is 0 Å². The van der Waals surface area contributed by atoms with Gasteiger partial charge in [-0.2, -0.15) is 0 Å². The van der Waals surface area contributed by atoms with Crippen molar-refractivity contribution in [2.24, 2.45) is 11.8 Å². The highest BCUT2D eigenvalue weighted by atomic mass is 16.5. The van der Waals surface area contributed by atoms with Crippen LogP contribution in [0, 0.1) is 11.8 Å². The molecule has 0 radical (unpaired) electrons. The third kappa shape index (κ3) is 6.26. The van der Waals surface area contributed by atoms with Crippen LogP contribution in [0.15, 0.2) is 30.3 Å². The minimum atomic E-state index is -0.368. The summed E-state index contributed by atoms with van der Waals surface area (Å²) in [6.45, 7) is 4.87. The Morgan fingerprint density at radius 1 is 1.18 bits per heavy atom. The molecular weight excluding hydrogens is 280 g/mol. The van der Waals surface area contributed by atoms with Crippen LogP contribution in [0.3, 0.4) is 0 Å². The summed E-state index contributed by atoms with van der Waals surface area (Å²) < 4.78 is 5.11. The molecular formula is C17H26N2O3. The molecule has 2 N–H and O–H groups in total. The lowest BCUT2D eigenvalue weighted by molar-refractivity contribution is -0.147. The highest BCUT2D eigenvalue weighted by molar-refractivity contribution is 5.80. The van der Waals surface area contributed by atoms with E-state index in [9.17, 15) is 9.59 Å². The van der Waals surface area contributed by atoms with Crippen LogP contribution in [0.4, 0.5) is 0 Å². The Bertz CT molecular complexity index is 462. The van der Waals surface area contributed by atoms with Crippen LogP contribution < -0.4 is 10.6 Å². The van der Waals surface area contributed by atoms with Gasteiger partial charge in [0.25, 0.3) is 0 Å². The van der Waals surface area contributed by atoms with Gasteiger partial charge in [-0.05, 0) is 26.0 Å². The fourth-order valence-electron chi connectivity index (χ4n) is 2.19. The second-order valence-electron chi connectivity index (χ2n) is 5.34. The maximum absolute atomic E-state index is 12.1. The fraction of sp³-hybridized carbons (Fsp3) is 0.529. The molecule has 0 fully saturated rings. The maximum Gasteiger partial charge on any atom is 0.311 e. The van der Waals surface area contributed by atoms with E-state index in [4.69, 9.17) is 4.74 Å². The Hall–Kier alpha value is -1.88. The predicted octanol–water partition coefficient (Wildman–Crippen LogP) is 1.38. The van der Waals surface area contributed by atoms with E-state index in [0.29, 0.717) is 26.1 Å². The molecule has 1 amide bonds. The number of carbonyl (C=O) groups excluding carboxylic acids is 2. The second-order valence-corrected chi connectivity index (χ2v) is 5.34. The summed E-state index contributed by atoms with van der Waals surface area (Å²) in [6.07, 6.45) is 0.556. The topological polar surface area (TPSA) is 67.4 Å². The van der Waals surface area contributed by atoms with Gasteiger partial charge in [-0.1, -0.05) is 37.3 Å². The molecule has 1 rings (SSSR count). The fourth-order valence-corrected chi connectivity index (χ4v) is 2.19. The maximum atomic E-state index is 12.1. The summed E-state index contributed by atoms with van der Waals surface area (Å²) in [7, 11) is 1.81. The van der Waals surface area contributed by atoms with Crippen molar-refractivity contribution in [2.45, 2.75) is 20.3 Å². The molecule has 5 nitrogen and oxygen atoms in total. The molecule has 0 aliphatic rings. The Kier molecular flexibility index (Phi) is 8.22. The van der Waals surface area contributed by atoms with Crippen molar-refractivity contribution >= 4 is 11.9 Å². The molecule has 5 heteroatoms. The molecule has 1 aromatic rings. The highest BCUT2D eigenvalue weighted by Gasteiger charge is 2.22. The first-order chi connectivity index (χ1) is 10.6. The summed E-state index contributed by atoms with van der Waals surface area (Å²) in [5, 5.41) is 5.81. The smallest absolute Gasteiger partial charge is 0.311 e. The van der Waals surface area contributed by atoms with Gasteiger partial charge >= 0.3 is 5.97 Å². The van der Waals surface area contributed by atoms with Crippen molar-refractivity contribution < 1.29 is 14.3 Å². The summed E-state index contributed by atoms with van der Waals surface area (Å²) in [5.41, 5.74) is 1.05. The Morgan fingerprint density at radius 2 is 1.86 bits per heavy atom. The minimum absolute atomic E-state index is 0.0586. The number of carbonyl (C=O) groups is 2. The lowest BCUT2D eigenvalue weighted by Crippen LogP contribution is -2.39. The van der Waals surface area contributed by atoms with Crippen LogP contribution in [0.1, 0.15) is 19.4 Å². The quantitative estimate of drug-likeness (QED) is 0.676. The molecule has 0 aliphatic carbocycles. The number of hydrogen-bond donors (Lipinski definition) is 2. The van der Waals surface area contributed by atoms with E-state index in [1.54, 1.807) is 14.0 Å². The third-order valence-electron chi connectivity index (χ3n) is 3.43. The zero-order valence-corrected chi connectivity index (χ0v) is 13.6. The zero-order valence-electron chi connectivity index (χ0n) is 13.6. The lowest BCUT2D eigenvalue weighted by atomic mass is 9.99. The summed E-state index contributed by atoms with van der Waals surface area (Å²) in [5.74, 6) is -0.831. The van der Waals surface area contributed by atoms with Crippen molar-refractivity contribution in [3.05, 3.63) is 35.9 Å². The Morgan fingerprint density at radius 3 is 2.45 bits per heavy atom. The minimum Gasteiger partial charge on any atom is -0.466 e. The van der Waals surface area contributed by atoms with E-state index >= 15 is 0 Å². The van der Waals surface area contributed by atoms with E-state index in [0.717, 1.165) is 5.56 Å². The first-order valence-corrected chi connectivity index (χ1v) is 7.71. The molecule has 0 saturated carbocycles. The molecule has 2 atom stereocenters. The van der Waals surface area contributed by atoms with Gasteiger partial charge in [0.1, 0.15) is 0 Å². The molecule has 122 valence electrons. The van der Waals surface area contributed by atoms with Gasteiger partial charge in [-0.3, -0.25) is 9.59 Å². The molecule has 0 aliphatic heterocycles. The Balaban J connectivity index is 2.62. The normalized spacial score (nSPS) is 13.2. The number of benzene rings is 1. The third-order valence-corrected chi connectivity index (χ3v) is 3.43. The predicted molar refractivity (Wildman–Crippen MR) is 86.4 cm³/mol. The molecule has 2 unspecified atom stereocenters. The van der Waals surface area contributed by atoms with Crippen LogP contribution in [0.25, 0.3) is 0 Å². The molecule has 1 aromatic carbocycles. The van der Waals surface area contributed by atoms with E-state index in [1.807, 2.05) is 37.3 Å². The van der Waals surface area contributed by atoms with Gasteiger partial charge in [-0.15, -0.1) is 0 Å². The number of nitrogens with one attached hydrogen (secondary N) is 2. The van der Waals surface area contributed by atoms with Crippen LogP contribution in [0.5, 0.6) is 0 Å². The number of ether oxygens (including phenoxy) is 1. The average Bonchev–Trinajstić information content (AvgIpc) is 2.52. The average molecular weight is 306 g/mol. The van der Waals surface area contributed by atoms with Crippen LogP contribution in [-0.2, 0) is 20.7 Å². The van der Waals surface area contributed by atoms with Gasteiger partial charge in [0.05, 0.1) is 12.5 Å². The standard InChI is InChI=1S/C17H26N2O3/c1-4-22-17(21)15(10-14-8-6-5-7-9-14)12-19-16(20)13(2)11-18-3/h5-9,13,15,18H,4,10-12H2,1-3H3,(H,19,20). The van der Waals surface area contributed by atoms with E-state index in [-0.39, 0.29) is 23.7 Å². The molecule has 0 saturated heterocycles. The van der Waals surface area contributed by atoms with Crippen LogP contribution in [-0.4, -0.2) is 38.6 Å². The largest absolute Gasteiger partial charge is 0.466 e. The summed E-state index contributed by atoms with van der Waals surface area (Å²) in [6, 6.07) is 9.75. The molecule has 0 bridgehead atoms. The van der Waals surface area contributed by atoms with E-state index in [2.05, 4.69) is 10.6 Å². The zero-order chi connectivity index (χ0) is 16.4. The number of amides is 1. The van der Waals surface area contributed by atoms with Gasteiger partial charge in [0, 0.05) is 19.0 Å². The van der Waals surface area contributed by atoms with E-state index in [1.165, 1.54) is 0 Å². The molecule has 0 aromatic heterocycles. The van der Waals surface area contributed by atoms with Crippen molar-refractivity contribution in [3.8, 4) is 0 Å². The highest BCUT2D eigenvalue weighted by Crippen LogP contribution is 2.10. The van der Waals surface area contributed by atoms with E-state index < -0.39 is 0 Å². The van der Waals surface area contributed by atoms with Crippen molar-refractivity contribution in [1.82, 2.24) is 10.6 Å². The van der Waals surface area contributed by atoms with Gasteiger partial charge in [-0.25, -0.2) is 0 Å². The van der Waals surface area contributed by atoms with Crippen molar-refractivity contribution in [1.29, 1.82) is 0 Å². The molecule has 0 spiro atoms. The first kappa shape index (κ1) is 18.2. The first-order valence-electron chi connectivity index (χ1n) is 7.71. The van der Waals surface area contributed by atoms with Crippen molar-refractivity contribution in [3.63, 3.8) is 0 Å². The summed E-state index contributed by atoms with van der Waals surface area (Å²) in [4.78, 5) is 24.0. The lowest BCUT2D eigenvalue weighted by Gasteiger charge is -2.18. The van der Waals surface area contributed by atoms with Crippen LogP contribution >= 0.6 is 0 Å². The van der Waals surface area contributed by atoms with Gasteiger partial charge < -0.3 is 15.4 Å². The number of rotatable bonds is 9. The molecule has 0 heterocycles. The van der Waals surface area contributed by atoms with Gasteiger partial charge in [0.15, 0.2) is 0 Å². The Labute approximate surface area is 132 Å². The monoisotopic (exact) mass is 306 g/mol.